The van der Waals surface area contributed by atoms with Gasteiger partial charge < -0.3 is 18.9 Å². The summed E-state index contributed by atoms with van der Waals surface area (Å²) in [5.74, 6) is -3.51. The molecule has 0 fully saturated rings. The van der Waals surface area contributed by atoms with Crippen molar-refractivity contribution in [3.8, 4) is 39.6 Å². The van der Waals surface area contributed by atoms with E-state index in [4.69, 9.17) is 18.9 Å². The van der Waals surface area contributed by atoms with Crippen LogP contribution in [0.15, 0.2) is 83.3 Å². The van der Waals surface area contributed by atoms with E-state index < -0.39 is 39.5 Å². The molecule has 3 heterocycles. The van der Waals surface area contributed by atoms with E-state index in [1.54, 1.807) is 42.7 Å². The Kier molecular flexibility index (Phi) is 10.0. The number of hydrogen-bond donors (Lipinski definition) is 1. The Hall–Kier alpha value is -4.96. The summed E-state index contributed by atoms with van der Waals surface area (Å²) in [5, 5.41) is 1.92. The third-order valence-corrected chi connectivity index (χ3v) is 8.89. The number of methoxy groups -OCH3 is 1. The summed E-state index contributed by atoms with van der Waals surface area (Å²) in [4.78, 5) is 16.1. The van der Waals surface area contributed by atoms with Gasteiger partial charge >= 0.3 is 12.2 Å². The molecule has 0 saturated carbocycles. The molecule has 0 unspecified atom stereocenters. The fraction of sp³-hybridized carbons (Fsp3) is 0.250. The molecule has 0 amide bonds. The summed E-state index contributed by atoms with van der Waals surface area (Å²) >= 11 is 1.52. The van der Waals surface area contributed by atoms with Crippen molar-refractivity contribution in [2.24, 2.45) is 0 Å². The predicted octanol–water partition coefficient (Wildman–Crippen LogP) is 7.37. The van der Waals surface area contributed by atoms with Crippen molar-refractivity contribution in [3.63, 3.8) is 0 Å². The Morgan fingerprint density at radius 3 is 2.12 bits per heavy atom. The lowest BCUT2D eigenvalue weighted by molar-refractivity contribution is -0.145. The highest BCUT2D eigenvalue weighted by Crippen LogP contribution is 2.42. The number of thiophene rings is 1. The fourth-order valence-electron chi connectivity index (χ4n) is 4.18. The van der Waals surface area contributed by atoms with E-state index in [2.05, 4.69) is 24.7 Å². The van der Waals surface area contributed by atoms with Gasteiger partial charge in [-0.3, -0.25) is 4.72 Å². The van der Waals surface area contributed by atoms with Crippen LogP contribution in [0.2, 0.25) is 0 Å². The first-order valence-electron chi connectivity index (χ1n) is 14.3. The predicted molar refractivity (Wildman–Crippen MR) is 172 cm³/mol. The number of sulfonamides is 1. The maximum absolute atomic E-state index is 14.0. The second-order valence-corrected chi connectivity index (χ2v) is 13.7. The Bertz CT molecular complexity index is 1950. The lowest BCUT2D eigenvalue weighted by Crippen LogP contribution is -2.20. The number of nitrogens with zero attached hydrogens (tertiary/aromatic N) is 4. The molecule has 252 valence electrons. The summed E-state index contributed by atoms with van der Waals surface area (Å²) in [5.41, 5.74) is 1.37. The quantitative estimate of drug-likeness (QED) is 0.131. The highest BCUT2D eigenvalue weighted by atomic mass is 32.2. The molecule has 2 aromatic carbocycles. The smallest absolute Gasteiger partial charge is 0.451 e. The molecule has 16 heteroatoms. The van der Waals surface area contributed by atoms with Gasteiger partial charge in [-0.1, -0.05) is 51.1 Å². The monoisotopic (exact) mass is 701 g/mol. The zero-order valence-corrected chi connectivity index (χ0v) is 27.7. The summed E-state index contributed by atoms with van der Waals surface area (Å²) in [6.45, 7) is 5.30. The van der Waals surface area contributed by atoms with E-state index in [1.807, 2.05) is 38.3 Å². The number of hydrogen-bond acceptors (Lipinski definition) is 11. The van der Waals surface area contributed by atoms with Gasteiger partial charge in [-0.15, -0.1) is 11.3 Å². The molecule has 11 nitrogen and oxygen atoms in total. The van der Waals surface area contributed by atoms with Crippen LogP contribution in [0.5, 0.6) is 29.1 Å². The zero-order chi connectivity index (χ0) is 34.5. The lowest BCUT2D eigenvalue weighted by atomic mass is 9.87. The first-order chi connectivity index (χ1) is 22.7. The molecule has 0 aliphatic heterocycles. The molecule has 0 bridgehead atoms. The van der Waals surface area contributed by atoms with Crippen LogP contribution in [0.1, 0.15) is 32.2 Å². The van der Waals surface area contributed by atoms with Crippen LogP contribution in [0.3, 0.4) is 0 Å². The van der Waals surface area contributed by atoms with E-state index in [-0.39, 0.29) is 41.0 Å². The number of aromatic nitrogens is 4. The van der Waals surface area contributed by atoms with Crippen molar-refractivity contribution in [2.75, 3.05) is 25.0 Å². The van der Waals surface area contributed by atoms with Gasteiger partial charge in [-0.25, -0.2) is 23.4 Å². The second-order valence-electron chi connectivity index (χ2n) is 11.1. The first kappa shape index (κ1) is 34.4. The van der Waals surface area contributed by atoms with Gasteiger partial charge in [0.25, 0.3) is 15.9 Å². The third kappa shape index (κ3) is 8.30. The number of anilines is 1. The number of ether oxygens (including phenoxy) is 4. The molecule has 0 saturated heterocycles. The molecule has 0 spiro atoms. The molecule has 5 rings (SSSR count). The van der Waals surface area contributed by atoms with E-state index in [0.717, 1.165) is 16.0 Å². The van der Waals surface area contributed by atoms with Crippen LogP contribution in [-0.4, -0.2) is 48.7 Å². The minimum Gasteiger partial charge on any atom is -0.493 e. The van der Waals surface area contributed by atoms with E-state index in [0.29, 0.717) is 0 Å². The summed E-state index contributed by atoms with van der Waals surface area (Å²) in [6, 6.07) is 16.0. The highest BCUT2D eigenvalue weighted by Gasteiger charge is 2.38. The molecule has 1 N–H and O–H groups in total. The molecule has 0 aliphatic carbocycles. The average Bonchev–Trinajstić information content (AvgIpc) is 3.59. The van der Waals surface area contributed by atoms with Gasteiger partial charge in [0, 0.05) is 22.8 Å². The van der Waals surface area contributed by atoms with Crippen LogP contribution >= 0.6 is 11.3 Å². The normalized spacial score (nSPS) is 12.0. The number of alkyl halides is 3. The third-order valence-electron chi connectivity index (χ3n) is 6.62. The summed E-state index contributed by atoms with van der Waals surface area (Å²) in [6.07, 6.45) is -1.93. The average molecular weight is 702 g/mol. The van der Waals surface area contributed by atoms with Crippen LogP contribution in [0.25, 0.3) is 10.4 Å². The van der Waals surface area contributed by atoms with Gasteiger partial charge in [0.1, 0.15) is 13.2 Å². The topological polar surface area (TPSA) is 135 Å². The molecule has 5 aromatic rings. The first-order valence-corrected chi connectivity index (χ1v) is 16.7. The Morgan fingerprint density at radius 1 is 0.854 bits per heavy atom. The molecule has 0 atom stereocenters. The highest BCUT2D eigenvalue weighted by molar-refractivity contribution is 7.92. The maximum atomic E-state index is 14.0. The van der Waals surface area contributed by atoms with Gasteiger partial charge in [-0.05, 0) is 46.7 Å². The number of nitrogens with one attached hydrogen (secondary N) is 1. The van der Waals surface area contributed by atoms with Crippen LogP contribution in [0.4, 0.5) is 19.0 Å². The largest absolute Gasteiger partial charge is 0.493 e. The van der Waals surface area contributed by atoms with Crippen molar-refractivity contribution in [2.45, 2.75) is 37.3 Å². The Balaban J connectivity index is 1.46. The second kappa shape index (κ2) is 14.0. The summed E-state index contributed by atoms with van der Waals surface area (Å²) in [7, 11) is -3.12. The van der Waals surface area contributed by atoms with Crippen molar-refractivity contribution < 1.29 is 40.5 Å². The number of rotatable bonds is 12. The van der Waals surface area contributed by atoms with Gasteiger partial charge in [0.15, 0.2) is 17.3 Å². The van der Waals surface area contributed by atoms with Crippen LogP contribution < -0.4 is 23.7 Å². The van der Waals surface area contributed by atoms with Gasteiger partial charge in [-0.2, -0.15) is 18.2 Å². The standard InChI is InChI=1S/C32H30F3N5O6S2/c1-31(2,3)21-11-13-22(14-12-21)48(41,42)40-27-26(46-24-9-6-5-8-23(24)43-4)28(39-29(38-27)32(33,34)35)44-15-16-45-30-36-18-20(19-37-30)25-10-7-17-47-25/h5-14,17-19H,15-16H2,1-4H3,(H,38,39,40). The number of para-hydroxylation sites is 2. The lowest BCUT2D eigenvalue weighted by Gasteiger charge is -2.20. The van der Waals surface area contributed by atoms with E-state index in [9.17, 15) is 21.6 Å². The Labute approximate surface area is 278 Å². The maximum Gasteiger partial charge on any atom is 0.451 e. The summed E-state index contributed by atoms with van der Waals surface area (Å²) < 4.78 is 93.5. The van der Waals surface area contributed by atoms with Crippen molar-refractivity contribution >= 4 is 27.2 Å². The van der Waals surface area contributed by atoms with Crippen molar-refractivity contribution in [1.29, 1.82) is 0 Å². The number of benzene rings is 2. The van der Waals surface area contributed by atoms with Crippen LogP contribution in [0, 0.1) is 0 Å². The molecule has 48 heavy (non-hydrogen) atoms. The van der Waals surface area contributed by atoms with Crippen LogP contribution in [-0.2, 0) is 21.6 Å². The number of halogens is 3. The molecular formula is C32H30F3N5O6S2. The van der Waals surface area contributed by atoms with Gasteiger partial charge in [0.2, 0.25) is 11.6 Å². The molecule has 0 radical (unpaired) electrons. The molecule has 3 aromatic heterocycles. The van der Waals surface area contributed by atoms with E-state index in [1.165, 1.54) is 36.6 Å². The van der Waals surface area contributed by atoms with Gasteiger partial charge in [0.05, 0.1) is 12.0 Å². The minimum absolute atomic E-state index is 0.00833. The van der Waals surface area contributed by atoms with E-state index >= 15 is 0 Å². The Morgan fingerprint density at radius 2 is 1.52 bits per heavy atom. The SMILES string of the molecule is COc1ccccc1Oc1c(NS(=O)(=O)c2ccc(C(C)(C)C)cc2)nc(C(F)(F)F)nc1OCCOc1ncc(-c2cccs2)cn1. The molecule has 0 aliphatic rings. The van der Waals surface area contributed by atoms with Crippen molar-refractivity contribution in [1.82, 2.24) is 19.9 Å². The fourth-order valence-corrected chi connectivity index (χ4v) is 5.89. The zero-order valence-electron chi connectivity index (χ0n) is 26.1. The minimum atomic E-state index is -5.08. The van der Waals surface area contributed by atoms with Crippen molar-refractivity contribution in [3.05, 3.63) is 89.8 Å². The molecular weight excluding hydrogens is 672 g/mol.